The van der Waals surface area contributed by atoms with Gasteiger partial charge in [0.2, 0.25) is 0 Å². The highest BCUT2D eigenvalue weighted by Crippen LogP contribution is 2.43. The maximum Gasteiger partial charge on any atom is 0.472 e. The summed E-state index contributed by atoms with van der Waals surface area (Å²) in [7, 11) is 1.30. The summed E-state index contributed by atoms with van der Waals surface area (Å²) in [5, 5.41) is 0. The Labute approximate surface area is 358 Å². The molecule has 0 aliphatic carbocycles. The van der Waals surface area contributed by atoms with Crippen LogP contribution in [0.15, 0.2) is 97.2 Å². The quantitative estimate of drug-likeness (QED) is 0.0123. The second-order valence-electron chi connectivity index (χ2n) is 15.4. The van der Waals surface area contributed by atoms with Gasteiger partial charge < -0.3 is 18.9 Å². The van der Waals surface area contributed by atoms with Crippen molar-refractivity contribution in [3.63, 3.8) is 0 Å². The van der Waals surface area contributed by atoms with Gasteiger partial charge in [0.05, 0.1) is 27.7 Å². The number of hydrogen-bond donors (Lipinski definition) is 1. The summed E-state index contributed by atoms with van der Waals surface area (Å²) in [5.74, 6) is -1.24. The Morgan fingerprint density at radius 1 is 0.576 bits per heavy atom. The molecule has 10 nitrogen and oxygen atoms in total. The Kier molecular flexibility index (Phi) is 36.5. The first-order valence-corrected chi connectivity index (χ1v) is 23.4. The van der Waals surface area contributed by atoms with Crippen molar-refractivity contribution < 1.29 is 46.8 Å². The minimum atomic E-state index is -4.45. The van der Waals surface area contributed by atoms with Gasteiger partial charge in [-0.05, 0) is 83.1 Å². The van der Waals surface area contributed by atoms with E-state index < -0.39 is 32.5 Å². The smallest absolute Gasteiger partial charge is 0.462 e. The van der Waals surface area contributed by atoms with Crippen molar-refractivity contribution in [2.75, 3.05) is 47.5 Å². The highest BCUT2D eigenvalue weighted by atomic mass is 31.2. The van der Waals surface area contributed by atoms with E-state index in [0.717, 1.165) is 44.9 Å². The van der Waals surface area contributed by atoms with Crippen LogP contribution in [-0.4, -0.2) is 80.7 Å². The average molecular weight is 845 g/mol. The normalized spacial score (nSPS) is 14.4. The van der Waals surface area contributed by atoms with E-state index in [1.54, 1.807) is 6.08 Å². The Bertz CT molecular complexity index is 1380. The van der Waals surface area contributed by atoms with E-state index in [2.05, 4.69) is 80.7 Å². The first kappa shape index (κ1) is 55.6. The molecular formula is C48H79NO9P+. The second kappa shape index (κ2) is 38.8. The molecule has 0 bridgehead atoms. The van der Waals surface area contributed by atoms with Crippen LogP contribution >= 0.6 is 7.82 Å². The Morgan fingerprint density at radius 2 is 1.07 bits per heavy atom. The van der Waals surface area contributed by atoms with Crippen LogP contribution in [0.25, 0.3) is 0 Å². The molecule has 0 aliphatic heterocycles. The van der Waals surface area contributed by atoms with Gasteiger partial charge in [-0.1, -0.05) is 131 Å². The van der Waals surface area contributed by atoms with Crippen molar-refractivity contribution in [2.24, 2.45) is 0 Å². The number of phosphoric acid groups is 1. The molecule has 59 heavy (non-hydrogen) atoms. The van der Waals surface area contributed by atoms with E-state index in [1.807, 2.05) is 39.4 Å². The summed E-state index contributed by atoms with van der Waals surface area (Å²) >= 11 is 0. The standard InChI is InChI=1S/C48H78NO9P/c1-6-8-10-12-14-16-18-20-21-22-23-25-27-29-31-33-35-39-48(52)58-46(44-57-59(53,54)56-42-41-49(3,4)5)43-55-47(51)40-36-38-45(50)37-34-32-30-28-26-24-19-17-15-13-11-9-7-2/h14-17,20-21,23-26,29-32,34,37,46H,6-13,18-19,22,27-28,33,35-36,38-44H2,1-5H3/p+1/b16-14-,17-15-,21-20-,25-23-,26-24-,31-29-,32-30-,37-34+/t46-/m1/s1. The molecule has 0 aromatic rings. The third kappa shape index (κ3) is 42.5. The van der Waals surface area contributed by atoms with E-state index in [-0.39, 0.29) is 44.7 Å². The van der Waals surface area contributed by atoms with Crippen LogP contribution in [0.5, 0.6) is 0 Å². The largest absolute Gasteiger partial charge is 0.472 e. The molecule has 0 radical (unpaired) electrons. The lowest BCUT2D eigenvalue weighted by atomic mass is 10.1. The predicted molar refractivity (Wildman–Crippen MR) is 243 cm³/mol. The van der Waals surface area contributed by atoms with E-state index in [9.17, 15) is 23.8 Å². The van der Waals surface area contributed by atoms with Crippen LogP contribution in [0.1, 0.15) is 136 Å². The fraction of sp³-hybridized carbons (Fsp3) is 0.604. The van der Waals surface area contributed by atoms with Crippen LogP contribution < -0.4 is 0 Å². The number of carbonyl (C=O) groups is 3. The van der Waals surface area contributed by atoms with Gasteiger partial charge in [-0.25, -0.2) is 4.57 Å². The third-order valence-corrected chi connectivity index (χ3v) is 9.55. The minimum Gasteiger partial charge on any atom is -0.462 e. The Balaban J connectivity index is 4.68. The molecule has 0 saturated heterocycles. The summed E-state index contributed by atoms with van der Waals surface area (Å²) in [6, 6.07) is 0. The number of quaternary nitrogens is 1. The van der Waals surface area contributed by atoms with Crippen molar-refractivity contribution >= 4 is 25.5 Å². The number of hydrogen-bond acceptors (Lipinski definition) is 8. The van der Waals surface area contributed by atoms with Crippen LogP contribution in [0.4, 0.5) is 0 Å². The topological polar surface area (TPSA) is 125 Å². The maximum atomic E-state index is 12.7. The summed E-state index contributed by atoms with van der Waals surface area (Å²) in [6.07, 6.45) is 47.6. The average Bonchev–Trinajstić information content (AvgIpc) is 3.18. The first-order chi connectivity index (χ1) is 28.4. The number of ether oxygens (including phenoxy) is 2. The number of unbranched alkanes of at least 4 members (excludes halogenated alkanes) is 7. The zero-order chi connectivity index (χ0) is 43.7. The summed E-state index contributed by atoms with van der Waals surface area (Å²) < 4.78 is 34.0. The molecule has 334 valence electrons. The molecule has 11 heteroatoms. The van der Waals surface area contributed by atoms with E-state index >= 15 is 0 Å². The predicted octanol–water partition coefficient (Wildman–Crippen LogP) is 11.8. The van der Waals surface area contributed by atoms with Gasteiger partial charge in [-0.15, -0.1) is 0 Å². The Hall–Kier alpha value is -3.40. The van der Waals surface area contributed by atoms with Crippen LogP contribution in [0.3, 0.4) is 0 Å². The SMILES string of the molecule is CCCCC/C=C\C/C=C\C/C=C\C=C\C(=O)CCCC(=O)OC[C@H](COP(=O)(O)OCC[N+](C)(C)C)OC(=O)CCC/C=C\C/C=C\C/C=C\C/C=C\CCCCC. The number of rotatable bonds is 38. The van der Waals surface area contributed by atoms with Crippen molar-refractivity contribution in [1.82, 2.24) is 0 Å². The van der Waals surface area contributed by atoms with Gasteiger partial charge in [0.25, 0.3) is 0 Å². The van der Waals surface area contributed by atoms with E-state index in [4.69, 9.17) is 18.5 Å². The molecule has 0 aliphatic rings. The molecule has 0 heterocycles. The van der Waals surface area contributed by atoms with Crippen LogP contribution in [-0.2, 0) is 37.5 Å². The lowest BCUT2D eigenvalue weighted by Gasteiger charge is -2.24. The lowest BCUT2D eigenvalue weighted by Crippen LogP contribution is -2.37. The molecule has 2 atom stereocenters. The van der Waals surface area contributed by atoms with Gasteiger partial charge in [0, 0.05) is 19.3 Å². The first-order valence-electron chi connectivity index (χ1n) is 21.9. The van der Waals surface area contributed by atoms with Gasteiger partial charge in [-0.3, -0.25) is 23.4 Å². The highest BCUT2D eigenvalue weighted by Gasteiger charge is 2.27. The number of nitrogens with zero attached hydrogens (tertiary/aromatic N) is 1. The third-order valence-electron chi connectivity index (χ3n) is 8.56. The van der Waals surface area contributed by atoms with Gasteiger partial charge in [0.15, 0.2) is 11.9 Å². The molecule has 0 rings (SSSR count). The minimum absolute atomic E-state index is 0.0173. The monoisotopic (exact) mass is 845 g/mol. The van der Waals surface area contributed by atoms with Crippen molar-refractivity contribution in [2.45, 2.75) is 142 Å². The molecule has 0 fully saturated rings. The number of esters is 2. The summed E-state index contributed by atoms with van der Waals surface area (Å²) in [6.45, 7) is 3.99. The number of phosphoric ester groups is 1. The molecule has 1 unspecified atom stereocenters. The van der Waals surface area contributed by atoms with Gasteiger partial charge in [-0.2, -0.15) is 0 Å². The molecule has 0 aromatic heterocycles. The highest BCUT2D eigenvalue weighted by molar-refractivity contribution is 7.47. The number of ketones is 1. The zero-order valence-electron chi connectivity index (χ0n) is 37.2. The second-order valence-corrected chi connectivity index (χ2v) is 16.9. The molecule has 0 spiro atoms. The fourth-order valence-electron chi connectivity index (χ4n) is 5.08. The molecule has 0 amide bonds. The number of carbonyl (C=O) groups excluding carboxylic acids is 3. The van der Waals surface area contributed by atoms with E-state index in [1.165, 1.54) is 44.6 Å². The molecule has 1 N–H and O–H groups in total. The number of likely N-dealkylation sites (N-methyl/N-ethyl adjacent to an activating group) is 1. The van der Waals surface area contributed by atoms with Gasteiger partial charge in [0.1, 0.15) is 19.8 Å². The molecule has 0 saturated carbocycles. The lowest BCUT2D eigenvalue weighted by molar-refractivity contribution is -0.870. The van der Waals surface area contributed by atoms with Crippen molar-refractivity contribution in [3.8, 4) is 0 Å². The van der Waals surface area contributed by atoms with E-state index in [0.29, 0.717) is 23.9 Å². The Morgan fingerprint density at radius 3 is 1.59 bits per heavy atom. The van der Waals surface area contributed by atoms with Crippen molar-refractivity contribution in [3.05, 3.63) is 97.2 Å². The summed E-state index contributed by atoms with van der Waals surface area (Å²) in [5.41, 5.74) is 0. The maximum absolute atomic E-state index is 12.7. The van der Waals surface area contributed by atoms with Crippen LogP contribution in [0.2, 0.25) is 0 Å². The molecule has 0 aromatic carbocycles. The summed E-state index contributed by atoms with van der Waals surface area (Å²) in [4.78, 5) is 47.6. The zero-order valence-corrected chi connectivity index (χ0v) is 38.1. The van der Waals surface area contributed by atoms with Crippen molar-refractivity contribution in [1.29, 1.82) is 0 Å². The number of allylic oxidation sites excluding steroid dienone is 16. The van der Waals surface area contributed by atoms with Crippen LogP contribution in [0, 0.1) is 0 Å². The fourth-order valence-corrected chi connectivity index (χ4v) is 5.82. The molecular weight excluding hydrogens is 765 g/mol. The van der Waals surface area contributed by atoms with Gasteiger partial charge >= 0.3 is 19.8 Å².